The van der Waals surface area contributed by atoms with Crippen molar-refractivity contribution in [3.63, 3.8) is 0 Å². The summed E-state index contributed by atoms with van der Waals surface area (Å²) in [4.78, 5) is 22.6. The van der Waals surface area contributed by atoms with Crippen LogP contribution in [0.15, 0.2) is 54.7 Å². The lowest BCUT2D eigenvalue weighted by molar-refractivity contribution is -0.121. The van der Waals surface area contributed by atoms with E-state index in [0.29, 0.717) is 31.4 Å². The Morgan fingerprint density at radius 3 is 2.76 bits per heavy atom. The van der Waals surface area contributed by atoms with Crippen molar-refractivity contribution < 1.29 is 19.7 Å². The molecule has 3 aromatic rings. The number of aromatic nitrogens is 2. The van der Waals surface area contributed by atoms with Crippen molar-refractivity contribution in [2.45, 2.75) is 13.0 Å². The van der Waals surface area contributed by atoms with Gasteiger partial charge >= 0.3 is 0 Å². The third-order valence-electron chi connectivity index (χ3n) is 5.29. The van der Waals surface area contributed by atoms with Crippen molar-refractivity contribution in [2.75, 3.05) is 43.1 Å². The molecule has 0 aliphatic carbocycles. The first-order valence-electron chi connectivity index (χ1n) is 10.8. The highest BCUT2D eigenvalue weighted by Crippen LogP contribution is 2.31. The van der Waals surface area contributed by atoms with Crippen molar-refractivity contribution in [1.82, 2.24) is 15.3 Å². The number of phenolic OH excluding ortho intramolecular Hbond substituents is 1. The zero-order valence-corrected chi connectivity index (χ0v) is 18.2. The normalized spacial score (nSPS) is 13.5. The van der Waals surface area contributed by atoms with E-state index in [1.165, 1.54) is 0 Å². The molecule has 9 heteroatoms. The Balaban J connectivity index is 1.45. The maximum absolute atomic E-state index is 11.6. The van der Waals surface area contributed by atoms with E-state index in [-0.39, 0.29) is 24.7 Å². The summed E-state index contributed by atoms with van der Waals surface area (Å²) >= 11 is 0. The predicted molar refractivity (Wildman–Crippen MR) is 125 cm³/mol. The van der Waals surface area contributed by atoms with Crippen LogP contribution < -0.4 is 15.5 Å². The quantitative estimate of drug-likeness (QED) is 0.414. The van der Waals surface area contributed by atoms with E-state index in [9.17, 15) is 9.90 Å². The van der Waals surface area contributed by atoms with Crippen LogP contribution in [-0.2, 0) is 16.1 Å². The first-order chi connectivity index (χ1) is 16.1. The van der Waals surface area contributed by atoms with Crippen LogP contribution in [0.3, 0.4) is 0 Å². The molecule has 4 N–H and O–H groups in total. The molecule has 1 fully saturated rings. The molecule has 33 heavy (non-hydrogen) atoms. The lowest BCUT2D eigenvalue weighted by Gasteiger charge is -2.29. The number of aliphatic hydroxyl groups is 1. The minimum atomic E-state index is -0.195. The number of amides is 1. The fourth-order valence-electron chi connectivity index (χ4n) is 3.61. The average molecular weight is 450 g/mol. The molecular formula is C24H27N5O4. The highest BCUT2D eigenvalue weighted by atomic mass is 16.5. The molecule has 4 rings (SSSR count). The van der Waals surface area contributed by atoms with Crippen LogP contribution >= 0.6 is 0 Å². The van der Waals surface area contributed by atoms with Gasteiger partial charge in [0.25, 0.3) is 0 Å². The molecule has 2 heterocycles. The number of carbonyl (C=O) groups is 1. The number of phenols is 1. The summed E-state index contributed by atoms with van der Waals surface area (Å²) in [7, 11) is 0. The number of aromatic hydroxyl groups is 1. The number of benzene rings is 2. The number of hydrogen-bond acceptors (Lipinski definition) is 8. The van der Waals surface area contributed by atoms with Crippen LogP contribution in [0.25, 0.3) is 11.3 Å². The second-order valence-electron chi connectivity index (χ2n) is 7.64. The van der Waals surface area contributed by atoms with Gasteiger partial charge in [-0.3, -0.25) is 4.79 Å². The van der Waals surface area contributed by atoms with E-state index in [1.54, 1.807) is 12.3 Å². The van der Waals surface area contributed by atoms with Crippen LogP contribution in [0, 0.1) is 0 Å². The van der Waals surface area contributed by atoms with Gasteiger partial charge in [-0.15, -0.1) is 0 Å². The van der Waals surface area contributed by atoms with Gasteiger partial charge in [0, 0.05) is 49.6 Å². The molecule has 0 saturated carbocycles. The molecule has 1 aromatic heterocycles. The fraction of sp³-hybridized carbons (Fsp3) is 0.292. The van der Waals surface area contributed by atoms with Gasteiger partial charge in [-0.25, -0.2) is 9.97 Å². The van der Waals surface area contributed by atoms with E-state index < -0.39 is 0 Å². The van der Waals surface area contributed by atoms with Crippen molar-refractivity contribution in [3.05, 3.63) is 60.3 Å². The number of hydrogen-bond donors (Lipinski definition) is 4. The Kier molecular flexibility index (Phi) is 7.33. The zero-order chi connectivity index (χ0) is 23.0. The van der Waals surface area contributed by atoms with Crippen LogP contribution in [0.1, 0.15) is 12.0 Å². The first-order valence-corrected chi connectivity index (χ1v) is 10.8. The number of morpholine rings is 1. The summed E-state index contributed by atoms with van der Waals surface area (Å²) < 4.78 is 5.37. The first kappa shape index (κ1) is 22.5. The molecule has 0 radical (unpaired) electrons. The van der Waals surface area contributed by atoms with Gasteiger partial charge in [0.15, 0.2) is 0 Å². The Labute approximate surface area is 192 Å². The topological polar surface area (TPSA) is 120 Å². The third kappa shape index (κ3) is 5.97. The van der Waals surface area contributed by atoms with Crippen LogP contribution in [0.2, 0.25) is 0 Å². The third-order valence-corrected chi connectivity index (χ3v) is 5.29. The van der Waals surface area contributed by atoms with Gasteiger partial charge < -0.3 is 30.5 Å². The van der Waals surface area contributed by atoms with Gasteiger partial charge in [-0.2, -0.15) is 0 Å². The fourth-order valence-corrected chi connectivity index (χ4v) is 3.61. The van der Waals surface area contributed by atoms with Crippen LogP contribution in [0.4, 0.5) is 17.3 Å². The van der Waals surface area contributed by atoms with Gasteiger partial charge in [-0.05, 0) is 29.8 Å². The van der Waals surface area contributed by atoms with E-state index in [1.807, 2.05) is 42.5 Å². The molecule has 1 amide bonds. The lowest BCUT2D eigenvalue weighted by atomic mass is 10.1. The standard InChI is InChI=1S/C24H27N5O4/c30-11-7-23(32)26-16-17-2-1-3-18(14-17)20-6-8-25-24(28-20)27-19-4-5-21(22(31)15-19)29-9-12-33-13-10-29/h1-6,8,14-15,30-31H,7,9-13,16H2,(H,26,32)(H,25,27,28). The van der Waals surface area contributed by atoms with Gasteiger partial charge in [0.05, 0.1) is 31.2 Å². The molecule has 172 valence electrons. The number of rotatable bonds is 8. The summed E-state index contributed by atoms with van der Waals surface area (Å²) in [5.41, 5.74) is 4.00. The van der Waals surface area contributed by atoms with E-state index in [4.69, 9.17) is 9.84 Å². The number of nitrogens with one attached hydrogen (secondary N) is 2. The van der Waals surface area contributed by atoms with E-state index in [2.05, 4.69) is 25.5 Å². The predicted octanol–water partition coefficient (Wildman–Crippen LogP) is 2.43. The highest BCUT2D eigenvalue weighted by molar-refractivity contribution is 5.76. The minimum absolute atomic E-state index is 0.0869. The molecule has 0 unspecified atom stereocenters. The molecular weight excluding hydrogens is 422 g/mol. The summed E-state index contributed by atoms with van der Waals surface area (Å²) in [6.45, 7) is 2.99. The number of anilines is 3. The van der Waals surface area contributed by atoms with Crippen molar-refractivity contribution in [2.24, 2.45) is 0 Å². The lowest BCUT2D eigenvalue weighted by Crippen LogP contribution is -2.36. The maximum Gasteiger partial charge on any atom is 0.227 e. The zero-order valence-electron chi connectivity index (χ0n) is 18.2. The van der Waals surface area contributed by atoms with Gasteiger partial charge in [-0.1, -0.05) is 18.2 Å². The number of ether oxygens (including phenoxy) is 1. The average Bonchev–Trinajstić information content (AvgIpc) is 2.84. The molecule has 0 bridgehead atoms. The maximum atomic E-state index is 11.6. The number of nitrogens with zero attached hydrogens (tertiary/aromatic N) is 3. The summed E-state index contributed by atoms with van der Waals surface area (Å²) in [5, 5.41) is 25.3. The largest absolute Gasteiger partial charge is 0.506 e. The summed E-state index contributed by atoms with van der Waals surface area (Å²) in [6.07, 6.45) is 1.76. The van der Waals surface area contributed by atoms with Crippen molar-refractivity contribution in [1.29, 1.82) is 0 Å². The molecule has 9 nitrogen and oxygen atoms in total. The SMILES string of the molecule is O=C(CCO)NCc1cccc(-c2ccnc(Nc3ccc(N4CCOCC4)c(O)c3)n2)c1. The number of aliphatic hydroxyl groups excluding tert-OH is 1. The summed E-state index contributed by atoms with van der Waals surface area (Å²) in [5.74, 6) is 0.404. The van der Waals surface area contributed by atoms with Gasteiger partial charge in [0.1, 0.15) is 5.75 Å². The van der Waals surface area contributed by atoms with Crippen molar-refractivity contribution >= 4 is 23.2 Å². The molecule has 0 spiro atoms. The summed E-state index contributed by atoms with van der Waals surface area (Å²) in [6, 6.07) is 15.0. The monoisotopic (exact) mass is 449 g/mol. The van der Waals surface area contributed by atoms with Crippen LogP contribution in [-0.4, -0.2) is 59.0 Å². The van der Waals surface area contributed by atoms with Crippen LogP contribution in [0.5, 0.6) is 5.75 Å². The second-order valence-corrected chi connectivity index (χ2v) is 7.64. The smallest absolute Gasteiger partial charge is 0.227 e. The number of carbonyl (C=O) groups excluding carboxylic acids is 1. The molecule has 1 aliphatic rings. The van der Waals surface area contributed by atoms with Gasteiger partial charge in [0.2, 0.25) is 11.9 Å². The van der Waals surface area contributed by atoms with E-state index >= 15 is 0 Å². The highest BCUT2D eigenvalue weighted by Gasteiger charge is 2.15. The van der Waals surface area contributed by atoms with E-state index in [0.717, 1.165) is 35.6 Å². The minimum Gasteiger partial charge on any atom is -0.506 e. The molecule has 1 aliphatic heterocycles. The Hall–Kier alpha value is -3.69. The Morgan fingerprint density at radius 2 is 1.97 bits per heavy atom. The second kappa shape index (κ2) is 10.8. The van der Waals surface area contributed by atoms with Crippen molar-refractivity contribution in [3.8, 4) is 17.0 Å². The molecule has 0 atom stereocenters. The molecule has 2 aromatic carbocycles. The Bertz CT molecular complexity index is 1100. The molecule has 1 saturated heterocycles. The Morgan fingerprint density at radius 1 is 1.12 bits per heavy atom.